The van der Waals surface area contributed by atoms with Crippen molar-refractivity contribution in [3.05, 3.63) is 35.8 Å². The third kappa shape index (κ3) is 4.98. The average molecular weight is 314 g/mol. The van der Waals surface area contributed by atoms with E-state index in [9.17, 15) is 4.39 Å². The molecule has 120 valence electrons. The van der Waals surface area contributed by atoms with E-state index in [1.54, 1.807) is 24.3 Å². The molecule has 5 nitrogen and oxygen atoms in total. The number of nitrogens with one attached hydrogen (secondary N) is 1. The van der Waals surface area contributed by atoms with E-state index in [0.717, 1.165) is 25.9 Å². The Kier molecular flexibility index (Phi) is 5.96. The Hall–Kier alpha value is -2.57. The Bertz CT molecular complexity index is 636. The summed E-state index contributed by atoms with van der Waals surface area (Å²) in [6.45, 7) is 2.61. The van der Waals surface area contributed by atoms with E-state index < -0.39 is 5.82 Å². The zero-order chi connectivity index (χ0) is 16.7. The van der Waals surface area contributed by atoms with Gasteiger partial charge in [-0.05, 0) is 51.0 Å². The third-order valence-electron chi connectivity index (χ3n) is 3.87. The lowest BCUT2D eigenvalue weighted by Crippen LogP contribution is -2.32. The lowest BCUT2D eigenvalue weighted by molar-refractivity contribution is 0.157. The van der Waals surface area contributed by atoms with Crippen LogP contribution in [0, 0.1) is 34.4 Å². The highest BCUT2D eigenvalue weighted by Crippen LogP contribution is 2.23. The number of hydrogen-bond acceptors (Lipinski definition) is 5. The summed E-state index contributed by atoms with van der Waals surface area (Å²) in [5, 5.41) is 20.0. The summed E-state index contributed by atoms with van der Waals surface area (Å²) in [5.41, 5.74) is 0.380. The summed E-state index contributed by atoms with van der Waals surface area (Å²) >= 11 is 0. The van der Waals surface area contributed by atoms with E-state index in [-0.39, 0.29) is 11.3 Å². The Balaban J connectivity index is 1.91. The average Bonchev–Trinajstić information content (AvgIpc) is 2.56. The fourth-order valence-corrected chi connectivity index (χ4v) is 2.39. The van der Waals surface area contributed by atoms with Crippen LogP contribution >= 0.6 is 0 Å². The van der Waals surface area contributed by atoms with Gasteiger partial charge in [0.05, 0.1) is 6.61 Å². The number of nitriles is 2. The van der Waals surface area contributed by atoms with Crippen molar-refractivity contribution in [3.8, 4) is 17.9 Å². The Morgan fingerprint density at radius 2 is 2.09 bits per heavy atom. The fraction of sp³-hybridized carbons (Fsp3) is 0.412. The quantitative estimate of drug-likeness (QED) is 0.846. The first-order chi connectivity index (χ1) is 11.1. The second-order valence-electron chi connectivity index (χ2n) is 5.63. The number of ether oxygens (including phenoxy) is 1. The topological polar surface area (TPSA) is 72.1 Å². The summed E-state index contributed by atoms with van der Waals surface area (Å²) < 4.78 is 19.6. The number of benzene rings is 1. The van der Waals surface area contributed by atoms with E-state index in [2.05, 4.69) is 17.3 Å². The minimum absolute atomic E-state index is 0.0759. The molecule has 6 heteroatoms. The van der Waals surface area contributed by atoms with Gasteiger partial charge < -0.3 is 15.0 Å². The van der Waals surface area contributed by atoms with Crippen molar-refractivity contribution in [1.82, 2.24) is 4.90 Å². The summed E-state index contributed by atoms with van der Waals surface area (Å²) in [6, 6.07) is 7.93. The first-order valence-corrected chi connectivity index (χ1v) is 7.50. The number of rotatable bonds is 5. The Labute approximate surface area is 135 Å². The Morgan fingerprint density at radius 3 is 2.70 bits per heavy atom. The first-order valence-electron chi connectivity index (χ1n) is 7.50. The van der Waals surface area contributed by atoms with Crippen molar-refractivity contribution < 1.29 is 9.13 Å². The van der Waals surface area contributed by atoms with E-state index in [1.807, 2.05) is 0 Å². The van der Waals surface area contributed by atoms with Crippen LogP contribution in [0.25, 0.3) is 0 Å². The summed E-state index contributed by atoms with van der Waals surface area (Å²) in [7, 11) is 2.10. The number of piperidine rings is 1. The van der Waals surface area contributed by atoms with Crippen molar-refractivity contribution in [2.75, 3.05) is 32.1 Å². The Morgan fingerprint density at radius 1 is 1.39 bits per heavy atom. The molecule has 0 unspecified atom stereocenters. The van der Waals surface area contributed by atoms with Crippen LogP contribution in [0.2, 0.25) is 0 Å². The minimum atomic E-state index is -0.466. The SMILES string of the molecule is CN1CCC(COc2ccc(NC=C(C#N)C#N)cc2F)CC1. The summed E-state index contributed by atoms with van der Waals surface area (Å²) in [5.74, 6) is 0.214. The normalized spacial score (nSPS) is 15.3. The zero-order valence-corrected chi connectivity index (χ0v) is 13.1. The molecule has 0 saturated carbocycles. The predicted molar refractivity (Wildman–Crippen MR) is 85.0 cm³/mol. The molecule has 1 N–H and O–H groups in total. The molecule has 0 radical (unpaired) electrons. The summed E-state index contributed by atoms with van der Waals surface area (Å²) in [4.78, 5) is 2.28. The van der Waals surface area contributed by atoms with Crippen LogP contribution in [0.4, 0.5) is 10.1 Å². The maximum Gasteiger partial charge on any atom is 0.167 e. The van der Waals surface area contributed by atoms with E-state index in [1.165, 1.54) is 12.3 Å². The largest absolute Gasteiger partial charge is 0.490 e. The van der Waals surface area contributed by atoms with Gasteiger partial charge in [-0.25, -0.2) is 4.39 Å². The second kappa shape index (κ2) is 8.17. The molecule has 1 aromatic rings. The molecule has 1 aromatic carbocycles. The third-order valence-corrected chi connectivity index (χ3v) is 3.87. The van der Waals surface area contributed by atoms with Crippen LogP contribution in [0.3, 0.4) is 0 Å². The van der Waals surface area contributed by atoms with Gasteiger partial charge in [-0.1, -0.05) is 0 Å². The maximum absolute atomic E-state index is 14.0. The van der Waals surface area contributed by atoms with Gasteiger partial charge in [0.1, 0.15) is 17.7 Å². The van der Waals surface area contributed by atoms with E-state index in [4.69, 9.17) is 15.3 Å². The van der Waals surface area contributed by atoms with Crippen molar-refractivity contribution >= 4 is 5.69 Å². The monoisotopic (exact) mass is 314 g/mol. The molecule has 1 aliphatic heterocycles. The zero-order valence-electron chi connectivity index (χ0n) is 13.1. The van der Waals surface area contributed by atoms with Crippen LogP contribution < -0.4 is 10.1 Å². The van der Waals surface area contributed by atoms with Crippen LogP contribution in [-0.2, 0) is 0 Å². The van der Waals surface area contributed by atoms with E-state index in [0.29, 0.717) is 18.2 Å². The fourth-order valence-electron chi connectivity index (χ4n) is 2.39. The molecular weight excluding hydrogens is 295 g/mol. The lowest BCUT2D eigenvalue weighted by atomic mass is 9.98. The molecule has 0 aliphatic carbocycles. The van der Waals surface area contributed by atoms with Gasteiger partial charge in [0.25, 0.3) is 0 Å². The standard InChI is InChI=1S/C17H19FN4O/c1-22-6-4-13(5-7-22)12-23-17-3-2-15(8-16(17)18)21-11-14(9-19)10-20/h2-3,8,11,13,21H,4-7,12H2,1H3. The number of likely N-dealkylation sites (tertiary alicyclic amines) is 1. The number of anilines is 1. The highest BCUT2D eigenvalue weighted by molar-refractivity contribution is 5.51. The van der Waals surface area contributed by atoms with Gasteiger partial charge in [0, 0.05) is 18.0 Å². The molecule has 0 amide bonds. The van der Waals surface area contributed by atoms with Crippen molar-refractivity contribution in [1.29, 1.82) is 10.5 Å². The van der Waals surface area contributed by atoms with Gasteiger partial charge in [-0.3, -0.25) is 0 Å². The number of halogens is 1. The minimum Gasteiger partial charge on any atom is -0.490 e. The molecule has 0 aromatic heterocycles. The molecule has 0 bridgehead atoms. The molecular formula is C17H19FN4O. The summed E-state index contributed by atoms with van der Waals surface area (Å²) in [6.07, 6.45) is 3.37. The van der Waals surface area contributed by atoms with Crippen LogP contribution in [-0.4, -0.2) is 31.6 Å². The second-order valence-corrected chi connectivity index (χ2v) is 5.63. The van der Waals surface area contributed by atoms with Crippen LogP contribution in [0.15, 0.2) is 30.0 Å². The highest BCUT2D eigenvalue weighted by Gasteiger charge is 2.17. The number of nitrogens with zero attached hydrogens (tertiary/aromatic N) is 3. The van der Waals surface area contributed by atoms with Gasteiger partial charge in [-0.15, -0.1) is 0 Å². The molecule has 1 aliphatic rings. The highest BCUT2D eigenvalue weighted by atomic mass is 19.1. The van der Waals surface area contributed by atoms with Crippen molar-refractivity contribution in [2.45, 2.75) is 12.8 Å². The molecule has 0 spiro atoms. The molecule has 23 heavy (non-hydrogen) atoms. The lowest BCUT2D eigenvalue weighted by Gasteiger charge is -2.28. The molecule has 1 heterocycles. The maximum atomic E-state index is 14.0. The van der Waals surface area contributed by atoms with E-state index >= 15 is 0 Å². The number of allylic oxidation sites excluding steroid dienone is 1. The molecule has 2 rings (SSSR count). The van der Waals surface area contributed by atoms with Gasteiger partial charge >= 0.3 is 0 Å². The van der Waals surface area contributed by atoms with Crippen LogP contribution in [0.5, 0.6) is 5.75 Å². The first kappa shape index (κ1) is 16.8. The van der Waals surface area contributed by atoms with Gasteiger partial charge in [0.15, 0.2) is 11.6 Å². The van der Waals surface area contributed by atoms with Crippen LogP contribution in [0.1, 0.15) is 12.8 Å². The smallest absolute Gasteiger partial charge is 0.167 e. The van der Waals surface area contributed by atoms with Crippen molar-refractivity contribution in [3.63, 3.8) is 0 Å². The van der Waals surface area contributed by atoms with Gasteiger partial charge in [0.2, 0.25) is 0 Å². The molecule has 0 atom stereocenters. The van der Waals surface area contributed by atoms with Gasteiger partial charge in [-0.2, -0.15) is 10.5 Å². The van der Waals surface area contributed by atoms with Crippen molar-refractivity contribution in [2.24, 2.45) is 5.92 Å². The molecule has 1 saturated heterocycles. The molecule has 1 fully saturated rings. The number of hydrogen-bond donors (Lipinski definition) is 1. The predicted octanol–water partition coefficient (Wildman–Crippen LogP) is 2.89.